The van der Waals surface area contributed by atoms with Crippen LogP contribution in [0.3, 0.4) is 0 Å². The lowest BCUT2D eigenvalue weighted by Gasteiger charge is -1.93. The molecular weight excluding hydrogens is 224 g/mol. The molecule has 0 aliphatic carbocycles. The zero-order valence-electron chi connectivity index (χ0n) is 7.17. The Morgan fingerprint density at radius 1 is 1.71 bits per heavy atom. The van der Waals surface area contributed by atoms with Gasteiger partial charge in [-0.2, -0.15) is 13.7 Å². The molecule has 1 aromatic heterocycles. The fraction of sp³-hybridized carbons (Fsp3) is 0.143. The van der Waals surface area contributed by atoms with E-state index in [9.17, 15) is 8.42 Å². The van der Waals surface area contributed by atoms with E-state index in [4.69, 9.17) is 5.26 Å². The first-order chi connectivity index (χ1) is 6.53. The van der Waals surface area contributed by atoms with Crippen LogP contribution in [0.5, 0.6) is 0 Å². The van der Waals surface area contributed by atoms with Gasteiger partial charge in [0.25, 0.3) is 0 Å². The van der Waals surface area contributed by atoms with E-state index >= 15 is 0 Å². The summed E-state index contributed by atoms with van der Waals surface area (Å²) in [5.74, 6) is 0. The van der Waals surface area contributed by atoms with Gasteiger partial charge in [-0.05, 0) is 11.4 Å². The average molecular weight is 230 g/mol. The molecule has 14 heavy (non-hydrogen) atoms. The van der Waals surface area contributed by atoms with E-state index in [1.54, 1.807) is 23.6 Å². The number of oxime groups is 1. The maximum absolute atomic E-state index is 10.6. The zero-order valence-corrected chi connectivity index (χ0v) is 8.80. The van der Waals surface area contributed by atoms with E-state index < -0.39 is 10.1 Å². The Bertz CT molecular complexity index is 468. The molecule has 0 spiro atoms. The number of thiophene rings is 1. The van der Waals surface area contributed by atoms with Gasteiger partial charge < -0.3 is 0 Å². The van der Waals surface area contributed by atoms with Crippen molar-refractivity contribution in [2.75, 3.05) is 6.26 Å². The number of hydrogen-bond acceptors (Lipinski definition) is 6. The summed E-state index contributed by atoms with van der Waals surface area (Å²) in [5.41, 5.74) is -0.0505. The van der Waals surface area contributed by atoms with Gasteiger partial charge in [-0.3, -0.25) is 4.28 Å². The van der Waals surface area contributed by atoms with Gasteiger partial charge in [-0.25, -0.2) is 0 Å². The SMILES string of the molecule is CS(=O)(=O)O/N=C(/C#N)c1cccs1. The van der Waals surface area contributed by atoms with E-state index in [-0.39, 0.29) is 5.71 Å². The molecule has 0 unspecified atom stereocenters. The van der Waals surface area contributed by atoms with Crippen LogP contribution in [0.15, 0.2) is 22.7 Å². The van der Waals surface area contributed by atoms with Crippen LogP contribution in [0.4, 0.5) is 0 Å². The van der Waals surface area contributed by atoms with E-state index in [0.29, 0.717) is 4.88 Å². The first kappa shape index (κ1) is 10.7. The minimum Gasteiger partial charge on any atom is -0.267 e. The molecule has 0 saturated heterocycles. The molecular formula is C7H6N2O3S2. The van der Waals surface area contributed by atoms with Crippen molar-refractivity contribution in [2.24, 2.45) is 5.16 Å². The summed E-state index contributed by atoms with van der Waals surface area (Å²) < 4.78 is 25.3. The fourth-order valence-electron chi connectivity index (χ4n) is 0.639. The van der Waals surface area contributed by atoms with E-state index in [2.05, 4.69) is 9.44 Å². The Kier molecular flexibility index (Phi) is 3.22. The number of rotatable bonds is 3. The molecule has 0 amide bonds. The second kappa shape index (κ2) is 4.21. The fourth-order valence-corrected chi connectivity index (χ4v) is 1.50. The molecule has 0 fully saturated rings. The Hall–Kier alpha value is -1.39. The minimum atomic E-state index is -3.65. The normalized spacial score (nSPS) is 12.1. The Morgan fingerprint density at radius 3 is 2.86 bits per heavy atom. The highest BCUT2D eigenvalue weighted by atomic mass is 32.2. The first-order valence-corrected chi connectivity index (χ1v) is 6.13. The highest BCUT2D eigenvalue weighted by molar-refractivity contribution is 7.85. The Balaban J connectivity index is 2.90. The molecule has 0 aromatic carbocycles. The second-order valence-corrected chi connectivity index (χ2v) is 4.81. The predicted octanol–water partition coefficient (Wildman–Crippen LogP) is 0.952. The monoisotopic (exact) mass is 230 g/mol. The summed E-state index contributed by atoms with van der Waals surface area (Å²) in [5, 5.41) is 13.6. The zero-order chi connectivity index (χ0) is 10.6. The largest absolute Gasteiger partial charge is 0.325 e. The number of nitriles is 1. The highest BCUT2D eigenvalue weighted by Gasteiger charge is 2.06. The van der Waals surface area contributed by atoms with Gasteiger partial charge in [0.05, 0.1) is 11.1 Å². The van der Waals surface area contributed by atoms with Crippen molar-refractivity contribution >= 4 is 27.2 Å². The van der Waals surface area contributed by atoms with Gasteiger partial charge in [0, 0.05) is 0 Å². The summed E-state index contributed by atoms with van der Waals surface area (Å²) >= 11 is 1.28. The smallest absolute Gasteiger partial charge is 0.267 e. The van der Waals surface area contributed by atoms with Crippen molar-refractivity contribution in [2.45, 2.75) is 0 Å². The van der Waals surface area contributed by atoms with E-state index in [1.807, 2.05) is 0 Å². The van der Waals surface area contributed by atoms with Crippen molar-refractivity contribution in [3.05, 3.63) is 22.4 Å². The van der Waals surface area contributed by atoms with Crippen molar-refractivity contribution < 1.29 is 12.7 Å². The van der Waals surface area contributed by atoms with Crippen molar-refractivity contribution in [1.29, 1.82) is 5.26 Å². The molecule has 0 N–H and O–H groups in total. The molecule has 5 nitrogen and oxygen atoms in total. The molecule has 0 saturated carbocycles. The summed E-state index contributed by atoms with van der Waals surface area (Å²) in [6.45, 7) is 0. The van der Waals surface area contributed by atoms with Gasteiger partial charge in [0.1, 0.15) is 6.07 Å². The maximum atomic E-state index is 10.6. The highest BCUT2D eigenvalue weighted by Crippen LogP contribution is 2.10. The Morgan fingerprint density at radius 2 is 2.43 bits per heavy atom. The third kappa shape index (κ3) is 3.16. The first-order valence-electron chi connectivity index (χ1n) is 3.43. The van der Waals surface area contributed by atoms with Crippen LogP contribution in [0.1, 0.15) is 4.88 Å². The molecule has 74 valence electrons. The van der Waals surface area contributed by atoms with Gasteiger partial charge >= 0.3 is 10.1 Å². The van der Waals surface area contributed by atoms with Crippen LogP contribution in [-0.4, -0.2) is 20.4 Å². The number of hydrogen-bond donors (Lipinski definition) is 0. The van der Waals surface area contributed by atoms with Crippen molar-refractivity contribution in [3.63, 3.8) is 0 Å². The molecule has 0 radical (unpaired) electrons. The quantitative estimate of drug-likeness (QED) is 0.572. The van der Waals surface area contributed by atoms with Crippen molar-refractivity contribution in [3.8, 4) is 6.07 Å². The van der Waals surface area contributed by atoms with Gasteiger partial charge in [0.15, 0.2) is 5.71 Å². The van der Waals surface area contributed by atoms with Gasteiger partial charge in [0.2, 0.25) is 0 Å². The van der Waals surface area contributed by atoms with Crippen molar-refractivity contribution in [1.82, 2.24) is 0 Å². The molecule has 1 rings (SSSR count). The van der Waals surface area contributed by atoms with Crippen LogP contribution in [0.2, 0.25) is 0 Å². The topological polar surface area (TPSA) is 79.5 Å². The van der Waals surface area contributed by atoms with Crippen LogP contribution in [-0.2, 0) is 14.4 Å². The lowest BCUT2D eigenvalue weighted by Crippen LogP contribution is -2.01. The minimum absolute atomic E-state index is 0.0505. The summed E-state index contributed by atoms with van der Waals surface area (Å²) in [6.07, 6.45) is 0.861. The predicted molar refractivity (Wildman–Crippen MR) is 52.4 cm³/mol. The molecule has 7 heteroatoms. The summed E-state index contributed by atoms with van der Waals surface area (Å²) in [7, 11) is -3.65. The third-order valence-corrected chi connectivity index (χ3v) is 2.35. The van der Waals surface area contributed by atoms with Gasteiger partial charge in [-0.15, -0.1) is 11.3 Å². The third-order valence-electron chi connectivity index (χ3n) is 1.12. The standard InChI is InChI=1S/C7H6N2O3S2/c1-14(10,11)12-9-6(5-8)7-3-2-4-13-7/h2-4H,1H3/b9-6-. The average Bonchev–Trinajstić information content (AvgIpc) is 2.56. The Labute approximate surface area is 85.4 Å². The lowest BCUT2D eigenvalue weighted by atomic mass is 10.3. The molecule has 1 heterocycles. The molecule has 0 atom stereocenters. The van der Waals surface area contributed by atoms with E-state index in [0.717, 1.165) is 6.26 Å². The molecule has 0 bridgehead atoms. The van der Waals surface area contributed by atoms with E-state index in [1.165, 1.54) is 11.3 Å². The van der Waals surface area contributed by atoms with Crippen LogP contribution >= 0.6 is 11.3 Å². The number of nitrogens with zero attached hydrogens (tertiary/aromatic N) is 2. The van der Waals surface area contributed by atoms with Crippen LogP contribution in [0.25, 0.3) is 0 Å². The summed E-state index contributed by atoms with van der Waals surface area (Å²) in [4.78, 5) is 0.566. The summed E-state index contributed by atoms with van der Waals surface area (Å²) in [6, 6.07) is 5.13. The van der Waals surface area contributed by atoms with Crippen LogP contribution in [0, 0.1) is 11.3 Å². The molecule has 0 aliphatic heterocycles. The van der Waals surface area contributed by atoms with Gasteiger partial charge in [-0.1, -0.05) is 11.2 Å². The van der Waals surface area contributed by atoms with Crippen LogP contribution < -0.4 is 0 Å². The molecule has 0 aliphatic rings. The lowest BCUT2D eigenvalue weighted by molar-refractivity contribution is 0.344. The second-order valence-electron chi connectivity index (χ2n) is 2.31. The molecule has 1 aromatic rings. The maximum Gasteiger partial charge on any atom is 0.325 e.